The second-order valence-corrected chi connectivity index (χ2v) is 6.30. The maximum Gasteiger partial charge on any atom is 0.426 e. The van der Waals surface area contributed by atoms with E-state index in [-0.39, 0.29) is 0 Å². The molecule has 0 saturated heterocycles. The molecule has 0 aliphatic heterocycles. The summed E-state index contributed by atoms with van der Waals surface area (Å²) in [5.74, 6) is 0. The highest BCUT2D eigenvalue weighted by Crippen LogP contribution is 2.46. The number of halogens is 12. The molecule has 0 spiro atoms. The SMILES string of the molecule is C/C(CC(O)(C(F)(F)F)C(F)(F)F)=N\CC/N=C(\C)CC(O)(C(F)(F)F)C(F)(F)F. The molecule has 16 heteroatoms. The Balaban J connectivity index is 5.23. The maximum absolute atomic E-state index is 12.6. The third kappa shape index (κ3) is 6.46. The first-order valence-electron chi connectivity index (χ1n) is 7.71. The fraction of sp³-hybridized carbons (Fsp3) is 0.857. The van der Waals surface area contributed by atoms with Crippen molar-refractivity contribution in [2.75, 3.05) is 13.1 Å². The second kappa shape index (κ2) is 8.88. The van der Waals surface area contributed by atoms with Crippen molar-refractivity contribution in [3.05, 3.63) is 0 Å². The van der Waals surface area contributed by atoms with Gasteiger partial charge in [-0.15, -0.1) is 0 Å². The summed E-state index contributed by atoms with van der Waals surface area (Å²) in [5.41, 5.74) is -11.9. The summed E-state index contributed by atoms with van der Waals surface area (Å²) >= 11 is 0. The predicted octanol–water partition coefficient (Wildman–Crippen LogP) is 4.40. The van der Waals surface area contributed by atoms with Crippen LogP contribution in [-0.2, 0) is 0 Å². The number of alkyl halides is 12. The molecule has 0 atom stereocenters. The molecule has 0 amide bonds. The van der Waals surface area contributed by atoms with E-state index < -0.39 is 73.3 Å². The molecular formula is C14H16F12N2O2. The number of nitrogens with zero attached hydrogens (tertiary/aromatic N) is 2. The highest BCUT2D eigenvalue weighted by Gasteiger charge is 2.71. The van der Waals surface area contributed by atoms with Crippen molar-refractivity contribution in [1.29, 1.82) is 0 Å². The Hall–Kier alpha value is -1.58. The molecule has 0 aromatic rings. The van der Waals surface area contributed by atoms with E-state index in [4.69, 9.17) is 10.2 Å². The van der Waals surface area contributed by atoms with Gasteiger partial charge in [-0.25, -0.2) is 0 Å². The van der Waals surface area contributed by atoms with Gasteiger partial charge < -0.3 is 10.2 Å². The van der Waals surface area contributed by atoms with Crippen LogP contribution in [0.1, 0.15) is 26.7 Å². The number of aliphatic imine (C=N–C) groups is 2. The number of hydrogen-bond donors (Lipinski definition) is 2. The van der Waals surface area contributed by atoms with Crippen LogP contribution in [0, 0.1) is 0 Å². The standard InChI is InChI=1S/C14H16F12N2O2/c1-7(5-9(29,11(15,16)17)12(18,19)20)27-3-4-28-8(2)6-10(30,13(21,22)23)14(24,25)26/h29-30H,3-6H2,1-2H3/b27-7+,28-8+. The molecule has 30 heavy (non-hydrogen) atoms. The molecule has 0 aromatic carbocycles. The Morgan fingerprint density at radius 3 is 0.900 bits per heavy atom. The summed E-state index contributed by atoms with van der Waals surface area (Å²) in [6.45, 7) is -0.00693. The van der Waals surface area contributed by atoms with Crippen molar-refractivity contribution >= 4 is 11.4 Å². The van der Waals surface area contributed by atoms with Gasteiger partial charge in [0.15, 0.2) is 0 Å². The quantitative estimate of drug-likeness (QED) is 0.328. The van der Waals surface area contributed by atoms with E-state index in [0.717, 1.165) is 0 Å². The Bertz CT molecular complexity index is 559. The third-order valence-corrected chi connectivity index (χ3v) is 3.76. The number of aliphatic hydroxyl groups is 2. The molecular weight excluding hydrogens is 456 g/mol. The zero-order valence-electron chi connectivity index (χ0n) is 15.2. The molecule has 0 bridgehead atoms. The van der Waals surface area contributed by atoms with E-state index in [0.29, 0.717) is 13.8 Å². The first kappa shape index (κ1) is 28.4. The lowest BCUT2D eigenvalue weighted by Crippen LogP contribution is -2.57. The van der Waals surface area contributed by atoms with Crippen LogP contribution in [0.15, 0.2) is 9.98 Å². The lowest BCUT2D eigenvalue weighted by Gasteiger charge is -2.32. The second-order valence-electron chi connectivity index (χ2n) is 6.30. The largest absolute Gasteiger partial charge is 0.426 e. The molecule has 0 saturated carbocycles. The highest BCUT2D eigenvalue weighted by molar-refractivity contribution is 5.84. The lowest BCUT2D eigenvalue weighted by molar-refractivity contribution is -0.365. The third-order valence-electron chi connectivity index (χ3n) is 3.76. The smallest absolute Gasteiger partial charge is 0.373 e. The Morgan fingerprint density at radius 1 is 0.533 bits per heavy atom. The first-order chi connectivity index (χ1) is 13.0. The van der Waals surface area contributed by atoms with Crippen molar-refractivity contribution < 1.29 is 62.9 Å². The summed E-state index contributed by atoms with van der Waals surface area (Å²) in [6.07, 6.45) is -28.3. The maximum atomic E-state index is 12.6. The van der Waals surface area contributed by atoms with Crippen LogP contribution >= 0.6 is 0 Å². The summed E-state index contributed by atoms with van der Waals surface area (Å²) in [7, 11) is 0. The van der Waals surface area contributed by atoms with Gasteiger partial charge in [0, 0.05) is 24.3 Å². The van der Waals surface area contributed by atoms with Crippen molar-refractivity contribution in [2.45, 2.75) is 62.6 Å². The summed E-state index contributed by atoms with van der Waals surface area (Å²) in [4.78, 5) is 6.49. The minimum Gasteiger partial charge on any atom is -0.373 e. The van der Waals surface area contributed by atoms with Crippen LogP contribution in [0.25, 0.3) is 0 Å². The average Bonchev–Trinajstić information content (AvgIpc) is 2.46. The van der Waals surface area contributed by atoms with E-state index in [9.17, 15) is 52.7 Å². The van der Waals surface area contributed by atoms with Crippen LogP contribution in [0.5, 0.6) is 0 Å². The van der Waals surface area contributed by atoms with Gasteiger partial charge in [-0.1, -0.05) is 0 Å². The molecule has 0 aromatic heterocycles. The minimum atomic E-state index is -6.09. The van der Waals surface area contributed by atoms with E-state index in [1.807, 2.05) is 0 Å². The van der Waals surface area contributed by atoms with Crippen LogP contribution in [0.3, 0.4) is 0 Å². The first-order valence-corrected chi connectivity index (χ1v) is 7.71. The minimum absolute atomic E-state index is 0.699. The lowest BCUT2D eigenvalue weighted by atomic mass is 9.95. The Labute approximate surface area is 161 Å². The molecule has 0 unspecified atom stereocenters. The number of rotatable bonds is 7. The topological polar surface area (TPSA) is 65.2 Å². The van der Waals surface area contributed by atoms with Gasteiger partial charge in [-0.2, -0.15) is 52.7 Å². The zero-order chi connectivity index (χ0) is 24.4. The van der Waals surface area contributed by atoms with Gasteiger partial charge in [-0.3, -0.25) is 9.98 Å². The summed E-state index contributed by atoms with van der Waals surface area (Å²) in [5, 5.41) is 18.0. The monoisotopic (exact) mass is 472 g/mol. The van der Waals surface area contributed by atoms with Gasteiger partial charge in [0.2, 0.25) is 0 Å². The van der Waals surface area contributed by atoms with Crippen LogP contribution in [0.4, 0.5) is 52.7 Å². The van der Waals surface area contributed by atoms with Gasteiger partial charge in [-0.05, 0) is 13.8 Å². The van der Waals surface area contributed by atoms with Gasteiger partial charge >= 0.3 is 24.7 Å². The van der Waals surface area contributed by atoms with E-state index >= 15 is 0 Å². The molecule has 0 fully saturated rings. The van der Waals surface area contributed by atoms with Crippen LogP contribution in [0.2, 0.25) is 0 Å². The predicted molar refractivity (Wildman–Crippen MR) is 79.3 cm³/mol. The summed E-state index contributed by atoms with van der Waals surface area (Å²) < 4.78 is 151. The van der Waals surface area contributed by atoms with Crippen LogP contribution < -0.4 is 0 Å². The zero-order valence-corrected chi connectivity index (χ0v) is 15.2. The van der Waals surface area contributed by atoms with Crippen molar-refractivity contribution in [1.82, 2.24) is 0 Å². The molecule has 0 rings (SSSR count). The fourth-order valence-corrected chi connectivity index (χ4v) is 2.06. The van der Waals surface area contributed by atoms with E-state index in [1.54, 1.807) is 0 Å². The molecule has 0 aliphatic rings. The van der Waals surface area contributed by atoms with Gasteiger partial charge in [0.1, 0.15) is 0 Å². The number of hydrogen-bond acceptors (Lipinski definition) is 4. The van der Waals surface area contributed by atoms with Crippen molar-refractivity contribution in [3.63, 3.8) is 0 Å². The summed E-state index contributed by atoms with van der Waals surface area (Å²) in [6, 6.07) is 0. The molecule has 0 heterocycles. The Morgan fingerprint density at radius 2 is 0.733 bits per heavy atom. The normalized spacial score (nSPS) is 16.3. The molecule has 0 radical (unpaired) electrons. The van der Waals surface area contributed by atoms with Crippen LogP contribution in [-0.4, -0.2) is 70.6 Å². The fourth-order valence-electron chi connectivity index (χ4n) is 2.06. The highest BCUT2D eigenvalue weighted by atomic mass is 19.4. The molecule has 4 nitrogen and oxygen atoms in total. The van der Waals surface area contributed by atoms with E-state index in [2.05, 4.69) is 9.98 Å². The molecule has 0 aliphatic carbocycles. The van der Waals surface area contributed by atoms with Crippen molar-refractivity contribution in [2.24, 2.45) is 9.98 Å². The Kier molecular flexibility index (Phi) is 8.41. The molecule has 178 valence electrons. The average molecular weight is 472 g/mol. The van der Waals surface area contributed by atoms with Crippen molar-refractivity contribution in [3.8, 4) is 0 Å². The van der Waals surface area contributed by atoms with E-state index in [1.165, 1.54) is 0 Å². The van der Waals surface area contributed by atoms with Gasteiger partial charge in [0.05, 0.1) is 13.1 Å². The molecule has 2 N–H and O–H groups in total. The van der Waals surface area contributed by atoms with Gasteiger partial charge in [0.25, 0.3) is 11.2 Å².